The zero-order chi connectivity index (χ0) is 11.4. The lowest BCUT2D eigenvalue weighted by Crippen LogP contribution is -2.38. The van der Waals surface area contributed by atoms with Crippen molar-refractivity contribution in [2.75, 3.05) is 6.61 Å². The third-order valence-electron chi connectivity index (χ3n) is 4.15. The average molecular weight is 227 g/mol. The van der Waals surface area contributed by atoms with Gasteiger partial charge in [0.25, 0.3) is 0 Å². The highest BCUT2D eigenvalue weighted by Crippen LogP contribution is 2.32. The van der Waals surface area contributed by atoms with E-state index >= 15 is 0 Å². The molecule has 0 bridgehead atoms. The van der Waals surface area contributed by atoms with E-state index in [1.807, 2.05) is 0 Å². The molecule has 94 valence electrons. The molecule has 0 radical (unpaired) electrons. The Kier molecular flexibility index (Phi) is 4.22. The van der Waals surface area contributed by atoms with Crippen LogP contribution in [-0.2, 0) is 4.74 Å². The fourth-order valence-electron chi connectivity index (χ4n) is 2.96. The van der Waals surface area contributed by atoms with E-state index in [0.29, 0.717) is 12.1 Å². The fourth-order valence-corrected chi connectivity index (χ4v) is 2.96. The van der Waals surface area contributed by atoms with Crippen molar-refractivity contribution in [3.8, 4) is 0 Å². The predicted octanol–water partition coefficient (Wildman–Crippen LogP) is 1.97. The summed E-state index contributed by atoms with van der Waals surface area (Å²) in [7, 11) is 0. The summed E-state index contributed by atoms with van der Waals surface area (Å²) in [5.74, 6) is 0. The van der Waals surface area contributed by atoms with Crippen molar-refractivity contribution in [2.45, 2.75) is 75.5 Å². The van der Waals surface area contributed by atoms with Crippen molar-refractivity contribution in [3.63, 3.8) is 0 Å². The van der Waals surface area contributed by atoms with Crippen LogP contribution in [0.4, 0.5) is 0 Å². The van der Waals surface area contributed by atoms with E-state index < -0.39 is 5.60 Å². The lowest BCUT2D eigenvalue weighted by atomic mass is 9.79. The molecule has 2 rings (SSSR count). The minimum atomic E-state index is -0.422. The van der Waals surface area contributed by atoms with Crippen molar-refractivity contribution >= 4 is 0 Å². The Morgan fingerprint density at radius 2 is 2.00 bits per heavy atom. The third-order valence-corrected chi connectivity index (χ3v) is 4.15. The van der Waals surface area contributed by atoms with Crippen LogP contribution < -0.4 is 5.73 Å². The number of ether oxygens (including phenoxy) is 1. The van der Waals surface area contributed by atoms with E-state index in [2.05, 4.69) is 0 Å². The van der Waals surface area contributed by atoms with E-state index in [0.717, 1.165) is 51.6 Å². The van der Waals surface area contributed by atoms with Crippen LogP contribution in [0.15, 0.2) is 0 Å². The zero-order valence-corrected chi connectivity index (χ0v) is 10.2. The molecule has 1 aliphatic carbocycles. The second-order valence-corrected chi connectivity index (χ2v) is 5.59. The molecule has 3 nitrogen and oxygen atoms in total. The van der Waals surface area contributed by atoms with Crippen molar-refractivity contribution in [2.24, 2.45) is 5.73 Å². The summed E-state index contributed by atoms with van der Waals surface area (Å²) < 4.78 is 5.59. The quantitative estimate of drug-likeness (QED) is 0.772. The molecule has 2 aliphatic rings. The molecule has 1 aliphatic heterocycles. The van der Waals surface area contributed by atoms with E-state index in [-0.39, 0.29) is 0 Å². The van der Waals surface area contributed by atoms with Gasteiger partial charge in [-0.1, -0.05) is 0 Å². The summed E-state index contributed by atoms with van der Waals surface area (Å²) in [4.78, 5) is 0. The maximum absolute atomic E-state index is 10.4. The molecule has 0 aromatic rings. The van der Waals surface area contributed by atoms with Crippen molar-refractivity contribution in [1.82, 2.24) is 0 Å². The van der Waals surface area contributed by atoms with Crippen LogP contribution in [0.5, 0.6) is 0 Å². The summed E-state index contributed by atoms with van der Waals surface area (Å²) in [6.45, 7) is 0.934. The Morgan fingerprint density at radius 1 is 1.25 bits per heavy atom. The molecule has 2 fully saturated rings. The minimum Gasteiger partial charge on any atom is -0.390 e. The fraction of sp³-hybridized carbons (Fsp3) is 1.00. The molecular formula is C13H25NO2. The van der Waals surface area contributed by atoms with Gasteiger partial charge in [-0.05, 0) is 57.8 Å². The van der Waals surface area contributed by atoms with Gasteiger partial charge in [0.2, 0.25) is 0 Å². The molecule has 0 aromatic carbocycles. The number of hydrogen-bond donors (Lipinski definition) is 2. The van der Waals surface area contributed by atoms with Gasteiger partial charge in [-0.3, -0.25) is 0 Å². The SMILES string of the molecule is NC1CCC(O)(CCCC2CCCO2)CC1. The molecule has 0 aromatic heterocycles. The van der Waals surface area contributed by atoms with Gasteiger partial charge in [-0.15, -0.1) is 0 Å². The average Bonchev–Trinajstić information content (AvgIpc) is 2.76. The zero-order valence-electron chi connectivity index (χ0n) is 10.2. The number of aliphatic hydroxyl groups is 1. The van der Waals surface area contributed by atoms with Crippen LogP contribution in [0.2, 0.25) is 0 Å². The van der Waals surface area contributed by atoms with Crippen LogP contribution in [0.3, 0.4) is 0 Å². The summed E-state index contributed by atoms with van der Waals surface area (Å²) in [6.07, 6.45) is 9.78. The largest absolute Gasteiger partial charge is 0.390 e. The van der Waals surface area contributed by atoms with Gasteiger partial charge in [0, 0.05) is 12.6 Å². The molecule has 3 N–H and O–H groups in total. The Balaban J connectivity index is 1.64. The standard InChI is InChI=1S/C13H25NO2/c14-11-5-8-13(15,9-6-11)7-1-3-12-4-2-10-16-12/h11-12,15H,1-10,14H2. The summed E-state index contributed by atoms with van der Waals surface area (Å²) >= 11 is 0. The second kappa shape index (κ2) is 5.48. The first kappa shape index (κ1) is 12.3. The number of nitrogens with two attached hydrogens (primary N) is 1. The lowest BCUT2D eigenvalue weighted by Gasteiger charge is -2.35. The summed E-state index contributed by atoms with van der Waals surface area (Å²) in [5, 5.41) is 10.4. The molecule has 1 heterocycles. The maximum atomic E-state index is 10.4. The van der Waals surface area contributed by atoms with Crippen LogP contribution in [0, 0.1) is 0 Å². The first-order valence-electron chi connectivity index (χ1n) is 6.77. The molecular weight excluding hydrogens is 202 g/mol. The normalized spacial score (nSPS) is 40.1. The third kappa shape index (κ3) is 3.44. The molecule has 16 heavy (non-hydrogen) atoms. The molecule has 1 unspecified atom stereocenters. The molecule has 1 saturated carbocycles. The monoisotopic (exact) mass is 227 g/mol. The molecule has 0 amide bonds. The molecule has 3 heteroatoms. The van der Waals surface area contributed by atoms with Crippen molar-refractivity contribution in [3.05, 3.63) is 0 Å². The topological polar surface area (TPSA) is 55.5 Å². The first-order chi connectivity index (χ1) is 7.68. The van der Waals surface area contributed by atoms with Crippen molar-refractivity contribution in [1.29, 1.82) is 0 Å². The first-order valence-corrected chi connectivity index (χ1v) is 6.77. The van der Waals surface area contributed by atoms with Gasteiger partial charge in [0.1, 0.15) is 0 Å². The highest BCUT2D eigenvalue weighted by atomic mass is 16.5. The van der Waals surface area contributed by atoms with Crippen LogP contribution >= 0.6 is 0 Å². The summed E-state index contributed by atoms with van der Waals surface area (Å²) in [5.41, 5.74) is 5.43. The van der Waals surface area contributed by atoms with Gasteiger partial charge in [0.05, 0.1) is 11.7 Å². The second-order valence-electron chi connectivity index (χ2n) is 5.59. The van der Waals surface area contributed by atoms with Crippen LogP contribution in [-0.4, -0.2) is 29.5 Å². The highest BCUT2D eigenvalue weighted by Gasteiger charge is 2.31. The van der Waals surface area contributed by atoms with E-state index in [1.54, 1.807) is 0 Å². The van der Waals surface area contributed by atoms with Gasteiger partial charge < -0.3 is 15.6 Å². The van der Waals surface area contributed by atoms with E-state index in [4.69, 9.17) is 10.5 Å². The molecule has 0 spiro atoms. The Morgan fingerprint density at radius 3 is 2.62 bits per heavy atom. The maximum Gasteiger partial charge on any atom is 0.0649 e. The highest BCUT2D eigenvalue weighted by molar-refractivity contribution is 4.87. The van der Waals surface area contributed by atoms with Gasteiger partial charge in [-0.2, -0.15) is 0 Å². The van der Waals surface area contributed by atoms with Gasteiger partial charge >= 0.3 is 0 Å². The lowest BCUT2D eigenvalue weighted by molar-refractivity contribution is -0.0130. The minimum absolute atomic E-state index is 0.318. The Hall–Kier alpha value is -0.120. The molecule has 1 atom stereocenters. The number of rotatable bonds is 4. The summed E-state index contributed by atoms with van der Waals surface area (Å²) in [6, 6.07) is 0.318. The van der Waals surface area contributed by atoms with Crippen LogP contribution in [0.25, 0.3) is 0 Å². The van der Waals surface area contributed by atoms with Crippen LogP contribution in [0.1, 0.15) is 57.8 Å². The number of hydrogen-bond acceptors (Lipinski definition) is 3. The Labute approximate surface area is 98.4 Å². The molecule has 1 saturated heterocycles. The van der Waals surface area contributed by atoms with Gasteiger partial charge in [0.15, 0.2) is 0 Å². The van der Waals surface area contributed by atoms with Crippen molar-refractivity contribution < 1.29 is 9.84 Å². The Bertz CT molecular complexity index is 206. The van der Waals surface area contributed by atoms with Gasteiger partial charge in [-0.25, -0.2) is 0 Å². The smallest absolute Gasteiger partial charge is 0.0649 e. The van der Waals surface area contributed by atoms with E-state index in [1.165, 1.54) is 12.8 Å². The predicted molar refractivity (Wildman–Crippen MR) is 64.2 cm³/mol. The van der Waals surface area contributed by atoms with E-state index in [9.17, 15) is 5.11 Å².